The van der Waals surface area contributed by atoms with E-state index in [2.05, 4.69) is 10.1 Å². The molecule has 0 bridgehead atoms. The first-order chi connectivity index (χ1) is 13.5. The molecule has 0 fully saturated rings. The zero-order valence-corrected chi connectivity index (χ0v) is 15.4. The lowest BCUT2D eigenvalue weighted by Crippen LogP contribution is -2.16. The minimum atomic E-state index is -0.874. The number of rotatable bonds is 7. The molecule has 28 heavy (non-hydrogen) atoms. The molecule has 7 heteroatoms. The van der Waals surface area contributed by atoms with Crippen molar-refractivity contribution in [2.24, 2.45) is 0 Å². The minimum absolute atomic E-state index is 0.0803. The molecule has 3 aromatic carbocycles. The number of esters is 1. The molecule has 3 rings (SSSR count). The van der Waals surface area contributed by atoms with Gasteiger partial charge in [-0.25, -0.2) is 8.78 Å². The number of carbonyl (C=O) groups is 1. The van der Waals surface area contributed by atoms with Crippen LogP contribution in [-0.2, 0) is 16.1 Å². The van der Waals surface area contributed by atoms with Crippen LogP contribution >= 0.6 is 0 Å². The molecule has 0 unspecified atom stereocenters. The van der Waals surface area contributed by atoms with Crippen LogP contribution in [0.4, 0.5) is 14.5 Å². The number of hydrogen-bond donors (Lipinski definition) is 1. The molecular weight excluding hydrogens is 368 g/mol. The van der Waals surface area contributed by atoms with Crippen molar-refractivity contribution in [2.75, 3.05) is 26.1 Å². The second kappa shape index (κ2) is 8.56. The average molecular weight is 387 g/mol. The van der Waals surface area contributed by atoms with Gasteiger partial charge in [0.05, 0.1) is 19.6 Å². The van der Waals surface area contributed by atoms with E-state index in [1.54, 1.807) is 6.07 Å². The molecular formula is C21H19F2NO4. The maximum atomic E-state index is 15.2. The van der Waals surface area contributed by atoms with Crippen molar-refractivity contribution in [3.63, 3.8) is 0 Å². The van der Waals surface area contributed by atoms with Crippen molar-refractivity contribution in [1.82, 2.24) is 0 Å². The lowest BCUT2D eigenvalue weighted by molar-refractivity contribution is -0.138. The maximum Gasteiger partial charge on any atom is 0.325 e. The molecule has 0 atom stereocenters. The number of hydrogen-bond acceptors (Lipinski definition) is 5. The Balaban J connectivity index is 2.04. The molecule has 0 saturated heterocycles. The van der Waals surface area contributed by atoms with Crippen molar-refractivity contribution in [2.45, 2.75) is 6.61 Å². The molecule has 0 aliphatic heterocycles. The van der Waals surface area contributed by atoms with Gasteiger partial charge in [0, 0.05) is 0 Å². The predicted molar refractivity (Wildman–Crippen MR) is 102 cm³/mol. The van der Waals surface area contributed by atoms with Gasteiger partial charge < -0.3 is 19.5 Å². The SMILES string of the molecule is COC(=O)CNc1c(OCc2ccccc2)cc2ccc(OC)c(F)c2c1F. The Hall–Kier alpha value is -3.35. The fourth-order valence-corrected chi connectivity index (χ4v) is 2.77. The minimum Gasteiger partial charge on any atom is -0.494 e. The van der Waals surface area contributed by atoms with Gasteiger partial charge in [0.2, 0.25) is 0 Å². The molecule has 5 nitrogen and oxygen atoms in total. The van der Waals surface area contributed by atoms with Gasteiger partial charge in [0.25, 0.3) is 0 Å². The van der Waals surface area contributed by atoms with Gasteiger partial charge in [-0.3, -0.25) is 4.79 Å². The van der Waals surface area contributed by atoms with Gasteiger partial charge in [0.15, 0.2) is 17.4 Å². The van der Waals surface area contributed by atoms with E-state index < -0.39 is 17.6 Å². The topological polar surface area (TPSA) is 56.8 Å². The second-order valence-corrected chi connectivity index (χ2v) is 5.95. The number of anilines is 1. The number of nitrogens with one attached hydrogen (secondary N) is 1. The Bertz CT molecular complexity index is 993. The Morgan fingerprint density at radius 1 is 1.00 bits per heavy atom. The van der Waals surface area contributed by atoms with Gasteiger partial charge >= 0.3 is 5.97 Å². The van der Waals surface area contributed by atoms with E-state index in [-0.39, 0.29) is 35.7 Å². The van der Waals surface area contributed by atoms with Crippen molar-refractivity contribution < 1.29 is 27.8 Å². The van der Waals surface area contributed by atoms with Crippen molar-refractivity contribution in [1.29, 1.82) is 0 Å². The summed E-state index contributed by atoms with van der Waals surface area (Å²) in [5.41, 5.74) is 0.754. The summed E-state index contributed by atoms with van der Waals surface area (Å²) < 4.78 is 45.1. The van der Waals surface area contributed by atoms with Crippen LogP contribution in [0.15, 0.2) is 48.5 Å². The van der Waals surface area contributed by atoms with Gasteiger partial charge in [0.1, 0.15) is 24.6 Å². The van der Waals surface area contributed by atoms with Crippen molar-refractivity contribution >= 4 is 22.4 Å². The van der Waals surface area contributed by atoms with Gasteiger partial charge in [-0.2, -0.15) is 0 Å². The third-order valence-corrected chi connectivity index (χ3v) is 4.20. The molecule has 1 N–H and O–H groups in total. The molecule has 0 aromatic heterocycles. The highest BCUT2D eigenvalue weighted by Crippen LogP contribution is 2.38. The monoisotopic (exact) mass is 387 g/mol. The number of halogens is 2. The van der Waals surface area contributed by atoms with Crippen molar-refractivity contribution in [3.05, 3.63) is 65.7 Å². The Kier molecular flexibility index (Phi) is 5.93. The first-order valence-electron chi connectivity index (χ1n) is 8.51. The zero-order chi connectivity index (χ0) is 20.1. The average Bonchev–Trinajstić information content (AvgIpc) is 2.72. The normalized spacial score (nSPS) is 10.6. The van der Waals surface area contributed by atoms with Gasteiger partial charge in [-0.05, 0) is 23.1 Å². The quantitative estimate of drug-likeness (QED) is 0.613. The highest BCUT2D eigenvalue weighted by molar-refractivity contribution is 5.92. The number of fused-ring (bicyclic) bond motifs is 1. The number of carbonyl (C=O) groups excluding carboxylic acids is 1. The highest BCUT2D eigenvalue weighted by atomic mass is 19.1. The molecule has 3 aromatic rings. The third kappa shape index (κ3) is 3.98. The van der Waals surface area contributed by atoms with Crippen LogP contribution in [-0.4, -0.2) is 26.7 Å². The third-order valence-electron chi connectivity index (χ3n) is 4.20. The highest BCUT2D eigenvalue weighted by Gasteiger charge is 2.20. The van der Waals surface area contributed by atoms with E-state index in [0.717, 1.165) is 5.56 Å². The van der Waals surface area contributed by atoms with E-state index >= 15 is 4.39 Å². The lowest BCUT2D eigenvalue weighted by Gasteiger charge is -2.16. The van der Waals surface area contributed by atoms with Crippen LogP contribution in [0.1, 0.15) is 5.56 Å². The van der Waals surface area contributed by atoms with Crippen LogP contribution in [0.2, 0.25) is 0 Å². The summed E-state index contributed by atoms with van der Waals surface area (Å²) in [6, 6.07) is 13.8. The summed E-state index contributed by atoms with van der Waals surface area (Å²) in [7, 11) is 2.52. The standard InChI is InChI=1S/C21H19F2NO4/c1-26-15-9-8-14-10-16(28-12-13-6-4-3-5-7-13)21(24-11-17(25)27-2)20(23)18(14)19(15)22/h3-10,24H,11-12H2,1-2H3. The zero-order valence-electron chi connectivity index (χ0n) is 15.4. The van der Waals surface area contributed by atoms with E-state index in [1.165, 1.54) is 26.4 Å². The summed E-state index contributed by atoms with van der Waals surface area (Å²) in [5, 5.41) is 2.70. The molecule has 0 aliphatic rings. The lowest BCUT2D eigenvalue weighted by atomic mass is 10.1. The molecule has 0 spiro atoms. The number of benzene rings is 3. The summed E-state index contributed by atoms with van der Waals surface area (Å²) in [5.74, 6) is -2.22. The molecule has 0 heterocycles. The maximum absolute atomic E-state index is 15.2. The molecule has 0 aliphatic carbocycles. The van der Waals surface area contributed by atoms with Crippen LogP contribution in [0.5, 0.6) is 11.5 Å². The van der Waals surface area contributed by atoms with E-state index in [4.69, 9.17) is 9.47 Å². The van der Waals surface area contributed by atoms with Crippen LogP contribution < -0.4 is 14.8 Å². The van der Waals surface area contributed by atoms with Crippen LogP contribution in [0, 0.1) is 11.6 Å². The Morgan fingerprint density at radius 3 is 2.43 bits per heavy atom. The molecule has 0 saturated carbocycles. The fraction of sp³-hybridized carbons (Fsp3) is 0.190. The summed E-state index contributed by atoms with van der Waals surface area (Å²) in [6.07, 6.45) is 0. The van der Waals surface area contributed by atoms with Gasteiger partial charge in [-0.1, -0.05) is 36.4 Å². The molecule has 0 radical (unpaired) electrons. The Labute approximate surface area is 160 Å². The summed E-state index contributed by atoms with van der Waals surface area (Å²) >= 11 is 0. The second-order valence-electron chi connectivity index (χ2n) is 5.95. The van der Waals surface area contributed by atoms with E-state index in [9.17, 15) is 9.18 Å². The first-order valence-corrected chi connectivity index (χ1v) is 8.51. The fourth-order valence-electron chi connectivity index (χ4n) is 2.77. The molecule has 146 valence electrons. The van der Waals surface area contributed by atoms with Crippen LogP contribution in [0.25, 0.3) is 10.8 Å². The first kappa shape index (κ1) is 19.4. The number of methoxy groups -OCH3 is 2. The van der Waals surface area contributed by atoms with Crippen LogP contribution in [0.3, 0.4) is 0 Å². The molecule has 0 amide bonds. The van der Waals surface area contributed by atoms with Crippen molar-refractivity contribution in [3.8, 4) is 11.5 Å². The van der Waals surface area contributed by atoms with Gasteiger partial charge in [-0.15, -0.1) is 0 Å². The summed E-state index contributed by atoms with van der Waals surface area (Å²) in [6.45, 7) is -0.121. The predicted octanol–water partition coefficient (Wildman–Crippen LogP) is 4.29. The Morgan fingerprint density at radius 2 is 1.75 bits per heavy atom. The summed E-state index contributed by atoms with van der Waals surface area (Å²) in [4.78, 5) is 11.5. The number of ether oxygens (including phenoxy) is 3. The largest absolute Gasteiger partial charge is 0.494 e. The smallest absolute Gasteiger partial charge is 0.325 e. The van der Waals surface area contributed by atoms with E-state index in [0.29, 0.717) is 5.39 Å². The van der Waals surface area contributed by atoms with E-state index in [1.807, 2.05) is 30.3 Å².